The van der Waals surface area contributed by atoms with Gasteiger partial charge in [-0.2, -0.15) is 0 Å². The Labute approximate surface area is 108 Å². The number of ether oxygens (including phenoxy) is 1. The SMILES string of the molecule is CC1COC(CO)CN1C(=O)C1CCCC1CN. The fourth-order valence-electron chi connectivity index (χ4n) is 3.09. The molecule has 0 spiro atoms. The molecule has 1 amide bonds. The van der Waals surface area contributed by atoms with Gasteiger partial charge >= 0.3 is 0 Å². The van der Waals surface area contributed by atoms with Crippen LogP contribution in [0.4, 0.5) is 0 Å². The summed E-state index contributed by atoms with van der Waals surface area (Å²) in [6.07, 6.45) is 2.88. The average molecular weight is 256 g/mol. The zero-order valence-electron chi connectivity index (χ0n) is 11.0. The highest BCUT2D eigenvalue weighted by Gasteiger charge is 2.38. The molecule has 2 rings (SSSR count). The number of nitrogens with zero attached hydrogens (tertiary/aromatic N) is 1. The molecular formula is C13H24N2O3. The van der Waals surface area contributed by atoms with Gasteiger partial charge < -0.3 is 20.5 Å². The minimum absolute atomic E-state index is 0.0263. The number of carbonyl (C=O) groups is 1. The minimum atomic E-state index is -0.233. The van der Waals surface area contributed by atoms with Crippen molar-refractivity contribution in [1.29, 1.82) is 0 Å². The maximum absolute atomic E-state index is 12.6. The van der Waals surface area contributed by atoms with Gasteiger partial charge in [-0.25, -0.2) is 0 Å². The summed E-state index contributed by atoms with van der Waals surface area (Å²) in [4.78, 5) is 14.5. The van der Waals surface area contributed by atoms with E-state index in [4.69, 9.17) is 15.6 Å². The lowest BCUT2D eigenvalue weighted by Gasteiger charge is -2.39. The number of morpholine rings is 1. The van der Waals surface area contributed by atoms with Gasteiger partial charge in [0, 0.05) is 12.5 Å². The summed E-state index contributed by atoms with van der Waals surface area (Å²) in [7, 11) is 0. The highest BCUT2D eigenvalue weighted by Crippen LogP contribution is 2.33. The number of nitrogens with two attached hydrogens (primary N) is 1. The Kier molecular flexibility index (Phi) is 4.59. The monoisotopic (exact) mass is 256 g/mol. The van der Waals surface area contributed by atoms with Gasteiger partial charge in [-0.3, -0.25) is 4.79 Å². The Morgan fingerprint density at radius 3 is 2.94 bits per heavy atom. The number of aliphatic hydroxyl groups is 1. The van der Waals surface area contributed by atoms with E-state index in [1.807, 2.05) is 11.8 Å². The minimum Gasteiger partial charge on any atom is -0.394 e. The summed E-state index contributed by atoms with van der Waals surface area (Å²) in [6, 6.07) is 0.0966. The third-order valence-corrected chi connectivity index (χ3v) is 4.27. The Bertz CT molecular complexity index is 298. The largest absolute Gasteiger partial charge is 0.394 e. The van der Waals surface area contributed by atoms with Gasteiger partial charge in [0.25, 0.3) is 0 Å². The van der Waals surface area contributed by atoms with Gasteiger partial charge in [-0.15, -0.1) is 0 Å². The maximum Gasteiger partial charge on any atom is 0.226 e. The first-order chi connectivity index (χ1) is 8.67. The van der Waals surface area contributed by atoms with E-state index in [9.17, 15) is 4.79 Å². The second-order valence-corrected chi connectivity index (χ2v) is 5.51. The van der Waals surface area contributed by atoms with Gasteiger partial charge in [-0.05, 0) is 32.2 Å². The molecule has 0 radical (unpaired) electrons. The molecule has 1 heterocycles. The van der Waals surface area contributed by atoms with Crippen molar-refractivity contribution >= 4 is 5.91 Å². The topological polar surface area (TPSA) is 75.8 Å². The first-order valence-electron chi connectivity index (χ1n) is 6.90. The molecule has 0 bridgehead atoms. The van der Waals surface area contributed by atoms with Gasteiger partial charge in [-0.1, -0.05) is 6.42 Å². The standard InChI is InChI=1S/C13H24N2O3/c1-9-8-18-11(7-16)6-15(9)13(17)12-4-2-3-10(12)5-14/h9-12,16H,2-8,14H2,1H3. The van der Waals surface area contributed by atoms with Crippen LogP contribution < -0.4 is 5.73 Å². The molecule has 0 aromatic heterocycles. The fourth-order valence-corrected chi connectivity index (χ4v) is 3.09. The van der Waals surface area contributed by atoms with Crippen molar-refractivity contribution in [2.24, 2.45) is 17.6 Å². The lowest BCUT2D eigenvalue weighted by Crippen LogP contribution is -2.54. The average Bonchev–Trinajstić information content (AvgIpc) is 2.86. The number of carbonyl (C=O) groups excluding carboxylic acids is 1. The molecule has 1 saturated heterocycles. The van der Waals surface area contributed by atoms with Crippen molar-refractivity contribution in [2.45, 2.75) is 38.3 Å². The van der Waals surface area contributed by atoms with Crippen LogP contribution in [-0.4, -0.2) is 54.4 Å². The molecule has 4 unspecified atom stereocenters. The number of aliphatic hydroxyl groups excluding tert-OH is 1. The van der Waals surface area contributed by atoms with Gasteiger partial charge in [0.15, 0.2) is 0 Å². The normalized spacial score (nSPS) is 36.9. The number of rotatable bonds is 3. The van der Waals surface area contributed by atoms with Gasteiger partial charge in [0.2, 0.25) is 5.91 Å². The Morgan fingerprint density at radius 2 is 2.28 bits per heavy atom. The molecular weight excluding hydrogens is 232 g/mol. The van der Waals surface area contributed by atoms with Gasteiger partial charge in [0.05, 0.1) is 25.4 Å². The lowest BCUT2D eigenvalue weighted by molar-refractivity contribution is -0.151. The van der Waals surface area contributed by atoms with Crippen LogP contribution in [0, 0.1) is 11.8 Å². The third kappa shape index (κ3) is 2.68. The van der Waals surface area contributed by atoms with E-state index in [0.29, 0.717) is 25.6 Å². The fraction of sp³-hybridized carbons (Fsp3) is 0.923. The van der Waals surface area contributed by atoms with Crippen molar-refractivity contribution in [3.63, 3.8) is 0 Å². The maximum atomic E-state index is 12.6. The summed E-state index contributed by atoms with van der Waals surface area (Å²) < 4.78 is 5.47. The molecule has 1 aliphatic carbocycles. The summed E-state index contributed by atoms with van der Waals surface area (Å²) in [6.45, 7) is 3.58. The molecule has 4 atom stereocenters. The smallest absolute Gasteiger partial charge is 0.226 e. The van der Waals surface area contributed by atoms with Crippen LogP contribution in [0.1, 0.15) is 26.2 Å². The summed E-state index contributed by atoms with van der Waals surface area (Å²) in [5, 5.41) is 9.16. The predicted molar refractivity (Wildman–Crippen MR) is 67.9 cm³/mol. The molecule has 1 saturated carbocycles. The number of hydrogen-bond acceptors (Lipinski definition) is 4. The van der Waals surface area contributed by atoms with E-state index >= 15 is 0 Å². The zero-order chi connectivity index (χ0) is 13.1. The van der Waals surface area contributed by atoms with E-state index in [0.717, 1.165) is 19.3 Å². The van der Waals surface area contributed by atoms with Crippen LogP contribution in [0.5, 0.6) is 0 Å². The molecule has 2 aliphatic rings. The van der Waals surface area contributed by atoms with E-state index in [-0.39, 0.29) is 30.6 Å². The molecule has 1 aliphatic heterocycles. The Morgan fingerprint density at radius 1 is 1.50 bits per heavy atom. The second kappa shape index (κ2) is 5.99. The third-order valence-electron chi connectivity index (χ3n) is 4.27. The molecule has 5 nitrogen and oxygen atoms in total. The van der Waals surface area contributed by atoms with Crippen LogP contribution in [0.15, 0.2) is 0 Å². The molecule has 18 heavy (non-hydrogen) atoms. The molecule has 104 valence electrons. The summed E-state index contributed by atoms with van der Waals surface area (Å²) >= 11 is 0. The van der Waals surface area contributed by atoms with Crippen molar-refractivity contribution in [3.8, 4) is 0 Å². The zero-order valence-corrected chi connectivity index (χ0v) is 11.0. The molecule has 5 heteroatoms. The number of amides is 1. The van der Waals surface area contributed by atoms with Crippen molar-refractivity contribution in [3.05, 3.63) is 0 Å². The quantitative estimate of drug-likeness (QED) is 0.743. The Hall–Kier alpha value is -0.650. The van der Waals surface area contributed by atoms with E-state index < -0.39 is 0 Å². The van der Waals surface area contributed by atoms with Crippen molar-refractivity contribution in [2.75, 3.05) is 26.3 Å². The van der Waals surface area contributed by atoms with E-state index in [1.165, 1.54) is 0 Å². The summed E-state index contributed by atoms with van der Waals surface area (Å²) in [5.74, 6) is 0.618. The van der Waals surface area contributed by atoms with E-state index in [2.05, 4.69) is 0 Å². The summed E-state index contributed by atoms with van der Waals surface area (Å²) in [5.41, 5.74) is 5.74. The van der Waals surface area contributed by atoms with E-state index in [1.54, 1.807) is 0 Å². The lowest BCUT2D eigenvalue weighted by atomic mass is 9.94. The first-order valence-corrected chi connectivity index (χ1v) is 6.90. The number of hydrogen-bond donors (Lipinski definition) is 2. The molecule has 0 aromatic carbocycles. The van der Waals surface area contributed by atoms with Crippen LogP contribution in [0.3, 0.4) is 0 Å². The molecule has 3 N–H and O–H groups in total. The Balaban J connectivity index is 2.02. The molecule has 0 aromatic rings. The first kappa shape index (κ1) is 13.8. The van der Waals surface area contributed by atoms with Crippen LogP contribution in [-0.2, 0) is 9.53 Å². The second-order valence-electron chi connectivity index (χ2n) is 5.51. The predicted octanol–water partition coefficient (Wildman–Crippen LogP) is -0.0304. The molecule has 2 fully saturated rings. The van der Waals surface area contributed by atoms with Crippen LogP contribution in [0.2, 0.25) is 0 Å². The van der Waals surface area contributed by atoms with Crippen LogP contribution in [0.25, 0.3) is 0 Å². The highest BCUT2D eigenvalue weighted by molar-refractivity contribution is 5.80. The highest BCUT2D eigenvalue weighted by atomic mass is 16.5. The van der Waals surface area contributed by atoms with Crippen molar-refractivity contribution < 1.29 is 14.6 Å². The van der Waals surface area contributed by atoms with Crippen LogP contribution >= 0.6 is 0 Å². The van der Waals surface area contributed by atoms with Crippen molar-refractivity contribution in [1.82, 2.24) is 4.90 Å². The van der Waals surface area contributed by atoms with Gasteiger partial charge in [0.1, 0.15) is 0 Å².